The summed E-state index contributed by atoms with van der Waals surface area (Å²) in [5.41, 5.74) is 3.72. The normalized spacial score (nSPS) is 15.7. The van der Waals surface area contributed by atoms with Crippen LogP contribution in [0.3, 0.4) is 0 Å². The SMILES string of the molecule is CC1=C(C(C)(C)c2ccccc2)C#CCC(Br)=C1. The highest BCUT2D eigenvalue weighted by Gasteiger charge is 2.26. The van der Waals surface area contributed by atoms with Crippen molar-refractivity contribution in [1.82, 2.24) is 0 Å². The Bertz CT molecular complexity index is 563. The lowest BCUT2D eigenvalue weighted by molar-refractivity contribution is 0.639. The molecule has 0 saturated heterocycles. The molecule has 0 nitrogen and oxygen atoms in total. The van der Waals surface area contributed by atoms with Crippen LogP contribution < -0.4 is 0 Å². The molecule has 0 spiro atoms. The summed E-state index contributed by atoms with van der Waals surface area (Å²) in [6.07, 6.45) is 2.97. The van der Waals surface area contributed by atoms with Crippen LogP contribution in [-0.4, -0.2) is 0 Å². The zero-order valence-corrected chi connectivity index (χ0v) is 12.6. The highest BCUT2D eigenvalue weighted by Crippen LogP contribution is 2.34. The van der Waals surface area contributed by atoms with E-state index in [2.05, 4.69) is 84.9 Å². The zero-order valence-electron chi connectivity index (χ0n) is 11.0. The molecule has 1 aliphatic rings. The van der Waals surface area contributed by atoms with E-state index in [1.54, 1.807) is 0 Å². The van der Waals surface area contributed by atoms with E-state index in [1.165, 1.54) is 16.7 Å². The van der Waals surface area contributed by atoms with Gasteiger partial charge in [0.05, 0.1) is 0 Å². The third-order valence-electron chi connectivity index (χ3n) is 3.36. The number of hydrogen-bond acceptors (Lipinski definition) is 0. The van der Waals surface area contributed by atoms with E-state index in [9.17, 15) is 0 Å². The standard InChI is InChI=1S/C17H17Br/c1-13-12-15(18)10-7-11-16(13)17(2,3)14-8-5-4-6-9-14/h4-6,8-9,12H,10H2,1-3H3. The second-order valence-electron chi connectivity index (χ2n) is 5.12. The highest BCUT2D eigenvalue weighted by atomic mass is 79.9. The van der Waals surface area contributed by atoms with Gasteiger partial charge in [0.2, 0.25) is 0 Å². The monoisotopic (exact) mass is 300 g/mol. The molecule has 0 unspecified atom stereocenters. The van der Waals surface area contributed by atoms with Crippen LogP contribution >= 0.6 is 15.9 Å². The molecule has 2 rings (SSSR count). The maximum Gasteiger partial charge on any atom is 0.0410 e. The largest absolute Gasteiger partial charge is 0.0928 e. The van der Waals surface area contributed by atoms with Crippen molar-refractivity contribution in [2.45, 2.75) is 32.6 Å². The van der Waals surface area contributed by atoms with E-state index in [0.717, 1.165) is 10.9 Å². The first kappa shape index (κ1) is 13.2. The van der Waals surface area contributed by atoms with Crippen molar-refractivity contribution in [3.63, 3.8) is 0 Å². The highest BCUT2D eigenvalue weighted by molar-refractivity contribution is 9.11. The maximum absolute atomic E-state index is 3.55. The van der Waals surface area contributed by atoms with Crippen LogP contribution in [-0.2, 0) is 5.41 Å². The third-order valence-corrected chi connectivity index (χ3v) is 3.87. The van der Waals surface area contributed by atoms with Gasteiger partial charge in [0, 0.05) is 21.9 Å². The molecule has 0 aromatic heterocycles. The Kier molecular flexibility index (Phi) is 3.78. The second kappa shape index (κ2) is 5.16. The molecular weight excluding hydrogens is 284 g/mol. The summed E-state index contributed by atoms with van der Waals surface area (Å²) in [6.45, 7) is 6.62. The van der Waals surface area contributed by atoms with Crippen molar-refractivity contribution in [2.75, 3.05) is 0 Å². The average Bonchev–Trinajstić information content (AvgIpc) is 2.51. The third kappa shape index (κ3) is 2.60. The summed E-state index contributed by atoms with van der Waals surface area (Å²) in [4.78, 5) is 0. The van der Waals surface area contributed by atoms with Gasteiger partial charge >= 0.3 is 0 Å². The van der Waals surface area contributed by atoms with Crippen LogP contribution in [0, 0.1) is 11.8 Å². The molecule has 1 aromatic rings. The van der Waals surface area contributed by atoms with Gasteiger partial charge in [0.25, 0.3) is 0 Å². The van der Waals surface area contributed by atoms with E-state index < -0.39 is 0 Å². The Morgan fingerprint density at radius 3 is 2.50 bits per heavy atom. The van der Waals surface area contributed by atoms with Gasteiger partial charge in [-0.1, -0.05) is 72.0 Å². The Morgan fingerprint density at radius 2 is 1.83 bits per heavy atom. The maximum atomic E-state index is 3.55. The van der Waals surface area contributed by atoms with Gasteiger partial charge in [-0.25, -0.2) is 0 Å². The molecule has 1 aromatic carbocycles. The minimum Gasteiger partial charge on any atom is -0.0928 e. The molecule has 0 radical (unpaired) electrons. The number of benzene rings is 1. The molecule has 0 aliphatic heterocycles. The molecule has 0 N–H and O–H groups in total. The Morgan fingerprint density at radius 1 is 1.17 bits per heavy atom. The number of halogens is 1. The molecule has 0 fully saturated rings. The van der Waals surface area contributed by atoms with Crippen LogP contribution in [0.5, 0.6) is 0 Å². The summed E-state index contributed by atoms with van der Waals surface area (Å²) >= 11 is 3.55. The Hall–Kier alpha value is -1.26. The summed E-state index contributed by atoms with van der Waals surface area (Å²) in [5, 5.41) is 0. The lowest BCUT2D eigenvalue weighted by Crippen LogP contribution is -2.20. The van der Waals surface area contributed by atoms with Gasteiger partial charge in [0.1, 0.15) is 0 Å². The van der Waals surface area contributed by atoms with Crippen LogP contribution in [0.2, 0.25) is 0 Å². The zero-order chi connectivity index (χ0) is 13.2. The molecule has 0 saturated carbocycles. The minimum atomic E-state index is -0.0491. The van der Waals surface area contributed by atoms with Gasteiger partial charge in [-0.15, -0.1) is 0 Å². The van der Waals surface area contributed by atoms with Crippen molar-refractivity contribution in [1.29, 1.82) is 0 Å². The van der Waals surface area contributed by atoms with Crippen molar-refractivity contribution in [2.24, 2.45) is 0 Å². The molecule has 0 atom stereocenters. The predicted octanol–water partition coefficient (Wildman–Crippen LogP) is 4.97. The fourth-order valence-electron chi connectivity index (χ4n) is 2.32. The van der Waals surface area contributed by atoms with Gasteiger partial charge < -0.3 is 0 Å². The van der Waals surface area contributed by atoms with E-state index in [4.69, 9.17) is 0 Å². The van der Waals surface area contributed by atoms with Gasteiger partial charge in [0.15, 0.2) is 0 Å². The number of allylic oxidation sites excluding steroid dienone is 4. The fourth-order valence-corrected chi connectivity index (χ4v) is 2.81. The molecule has 92 valence electrons. The number of rotatable bonds is 2. The summed E-state index contributed by atoms with van der Waals surface area (Å²) < 4.78 is 1.16. The average molecular weight is 301 g/mol. The van der Waals surface area contributed by atoms with Crippen molar-refractivity contribution in [3.8, 4) is 11.8 Å². The summed E-state index contributed by atoms with van der Waals surface area (Å²) in [6, 6.07) is 10.6. The van der Waals surface area contributed by atoms with E-state index in [0.29, 0.717) is 0 Å². The Balaban J connectivity index is 2.53. The van der Waals surface area contributed by atoms with Crippen LogP contribution in [0.4, 0.5) is 0 Å². The van der Waals surface area contributed by atoms with Crippen LogP contribution in [0.1, 0.15) is 32.8 Å². The molecule has 0 bridgehead atoms. The Labute approximate surface area is 118 Å². The lowest BCUT2D eigenvalue weighted by Gasteiger charge is -2.27. The summed E-state index contributed by atoms with van der Waals surface area (Å²) in [5.74, 6) is 6.58. The molecule has 0 amide bonds. The quantitative estimate of drug-likeness (QED) is 0.677. The van der Waals surface area contributed by atoms with Gasteiger partial charge in [-0.3, -0.25) is 0 Å². The van der Waals surface area contributed by atoms with Crippen molar-refractivity contribution >= 4 is 15.9 Å². The van der Waals surface area contributed by atoms with E-state index in [1.807, 2.05) is 0 Å². The van der Waals surface area contributed by atoms with Crippen molar-refractivity contribution in [3.05, 3.63) is 57.6 Å². The lowest BCUT2D eigenvalue weighted by atomic mass is 9.76. The minimum absolute atomic E-state index is 0.0491. The first-order chi connectivity index (χ1) is 8.51. The topological polar surface area (TPSA) is 0 Å². The molecule has 18 heavy (non-hydrogen) atoms. The molecular formula is C17H17Br. The van der Waals surface area contributed by atoms with E-state index in [-0.39, 0.29) is 5.41 Å². The smallest absolute Gasteiger partial charge is 0.0410 e. The van der Waals surface area contributed by atoms with Crippen molar-refractivity contribution < 1.29 is 0 Å². The van der Waals surface area contributed by atoms with Crippen LogP contribution in [0.15, 0.2) is 52.0 Å². The fraction of sp³-hybridized carbons (Fsp3) is 0.294. The summed E-state index contributed by atoms with van der Waals surface area (Å²) in [7, 11) is 0. The first-order valence-corrected chi connectivity index (χ1v) is 6.93. The second-order valence-corrected chi connectivity index (χ2v) is 6.14. The van der Waals surface area contributed by atoms with Gasteiger partial charge in [-0.05, 0) is 24.1 Å². The van der Waals surface area contributed by atoms with Crippen LogP contribution in [0.25, 0.3) is 0 Å². The molecule has 0 heterocycles. The first-order valence-electron chi connectivity index (χ1n) is 6.13. The van der Waals surface area contributed by atoms with Gasteiger partial charge in [-0.2, -0.15) is 0 Å². The molecule has 1 aliphatic carbocycles. The predicted molar refractivity (Wildman–Crippen MR) is 81.6 cm³/mol. The number of hydrogen-bond donors (Lipinski definition) is 0. The molecule has 1 heteroatoms. The van der Waals surface area contributed by atoms with E-state index >= 15 is 0 Å².